The molecule has 0 amide bonds. The Balaban J connectivity index is 0.00000241. The lowest BCUT2D eigenvalue weighted by Gasteiger charge is -2.10. The predicted molar refractivity (Wildman–Crippen MR) is 147 cm³/mol. The van der Waals surface area contributed by atoms with Gasteiger partial charge in [-0.15, -0.1) is 0 Å². The van der Waals surface area contributed by atoms with Gasteiger partial charge < -0.3 is 9.97 Å². The van der Waals surface area contributed by atoms with Crippen molar-refractivity contribution >= 4 is 69.4 Å². The average molecular weight is 455 g/mol. The fourth-order valence-electron chi connectivity index (χ4n) is 4.49. The molecule has 164 valence electrons. The lowest BCUT2D eigenvalue weighted by atomic mass is 9.94. The number of H-pyrrole nitrogens is 2. The topological polar surface area (TPSA) is 57.4 Å². The summed E-state index contributed by atoms with van der Waals surface area (Å²) in [5.74, 6) is 0. The van der Waals surface area contributed by atoms with Gasteiger partial charge in [0.2, 0.25) is 0 Å². The van der Waals surface area contributed by atoms with Crippen LogP contribution in [0.3, 0.4) is 0 Å². The molecular formula is C29H26MgN4. The summed E-state index contributed by atoms with van der Waals surface area (Å²) >= 11 is 0. The second-order valence-corrected chi connectivity index (χ2v) is 8.77. The molecule has 8 bridgehead atoms. The molecule has 34 heavy (non-hydrogen) atoms. The monoisotopic (exact) mass is 454 g/mol. The highest BCUT2D eigenvalue weighted by atomic mass is 24.3. The molecule has 0 radical (unpaired) electrons. The SMILES string of the molecule is Cc1ccc(-c2cc3cc4nc(cc5ccc(cc6nc(cc2[nH]3)C=C6)[nH]5)C=C4)c(C)c1C.[MgH2]. The number of aryl methyl sites for hydroxylation is 1. The number of aromatic nitrogens is 4. The second-order valence-electron chi connectivity index (χ2n) is 8.77. The van der Waals surface area contributed by atoms with E-state index in [9.17, 15) is 0 Å². The Kier molecular flexibility index (Phi) is 5.76. The van der Waals surface area contributed by atoms with Crippen LogP contribution in [0.1, 0.15) is 39.5 Å². The molecule has 1 aromatic carbocycles. The van der Waals surface area contributed by atoms with Crippen LogP contribution in [0, 0.1) is 20.8 Å². The molecule has 0 saturated carbocycles. The Labute approximate surface area is 214 Å². The molecule has 4 nitrogen and oxygen atoms in total. The average Bonchev–Trinajstić information content (AvgIpc) is 3.58. The highest BCUT2D eigenvalue weighted by molar-refractivity contribution is 5.89. The predicted octanol–water partition coefficient (Wildman–Crippen LogP) is 6.33. The van der Waals surface area contributed by atoms with Crippen molar-refractivity contribution in [2.75, 3.05) is 0 Å². The van der Waals surface area contributed by atoms with Crippen LogP contribution in [0.4, 0.5) is 0 Å². The van der Waals surface area contributed by atoms with Crippen LogP contribution in [-0.4, -0.2) is 43.0 Å². The molecule has 6 rings (SSSR count). The van der Waals surface area contributed by atoms with Gasteiger partial charge in [-0.3, -0.25) is 0 Å². The maximum absolute atomic E-state index is 4.82. The summed E-state index contributed by atoms with van der Waals surface area (Å²) in [5, 5.41) is 0. The molecule has 5 heterocycles. The van der Waals surface area contributed by atoms with Crippen LogP contribution in [0.2, 0.25) is 0 Å². The van der Waals surface area contributed by atoms with E-state index < -0.39 is 0 Å². The molecule has 0 saturated heterocycles. The third-order valence-corrected chi connectivity index (χ3v) is 6.52. The minimum absolute atomic E-state index is 0. The lowest BCUT2D eigenvalue weighted by Crippen LogP contribution is -1.90. The standard InChI is InChI=1S/C29H24N4.Mg.2H/c1-17-4-11-27(19(3)18(17)2)28-15-26-14-24-8-7-22(31-24)12-20-5-6-21(30-20)13-23-9-10-25(32-23)16-29(28)33-26;;;/h4-16,30,33H,1-3H3;;;. The summed E-state index contributed by atoms with van der Waals surface area (Å²) in [7, 11) is 0. The normalized spacial score (nSPS) is 12.1. The first-order valence-corrected chi connectivity index (χ1v) is 11.2. The molecular weight excluding hydrogens is 429 g/mol. The summed E-state index contributed by atoms with van der Waals surface area (Å²) in [5.41, 5.74) is 14.2. The Morgan fingerprint density at radius 2 is 1.09 bits per heavy atom. The fourth-order valence-corrected chi connectivity index (χ4v) is 4.49. The van der Waals surface area contributed by atoms with Gasteiger partial charge in [-0.05, 0) is 110 Å². The van der Waals surface area contributed by atoms with E-state index >= 15 is 0 Å². The van der Waals surface area contributed by atoms with E-state index in [-0.39, 0.29) is 23.1 Å². The lowest BCUT2D eigenvalue weighted by molar-refractivity contribution is 1.27. The molecule has 4 aromatic rings. The zero-order valence-corrected chi connectivity index (χ0v) is 18.9. The fraction of sp³-hybridized carbons (Fsp3) is 0.103. The van der Waals surface area contributed by atoms with Gasteiger partial charge in [-0.25, -0.2) is 9.97 Å². The molecule has 2 aliphatic rings. The first-order chi connectivity index (χ1) is 16.0. The first kappa shape index (κ1) is 22.4. The van der Waals surface area contributed by atoms with Gasteiger partial charge in [0.1, 0.15) is 0 Å². The van der Waals surface area contributed by atoms with Crippen molar-refractivity contribution in [3.63, 3.8) is 0 Å². The Bertz CT molecular complexity index is 1650. The third-order valence-electron chi connectivity index (χ3n) is 6.52. The molecule has 0 aliphatic carbocycles. The summed E-state index contributed by atoms with van der Waals surface area (Å²) in [4.78, 5) is 16.6. The number of aromatic amines is 2. The van der Waals surface area contributed by atoms with Crippen molar-refractivity contribution in [3.05, 3.63) is 94.1 Å². The van der Waals surface area contributed by atoms with Crippen LogP contribution in [0.5, 0.6) is 0 Å². The Morgan fingerprint density at radius 1 is 0.529 bits per heavy atom. The van der Waals surface area contributed by atoms with E-state index in [1.165, 1.54) is 27.8 Å². The zero-order chi connectivity index (χ0) is 22.5. The van der Waals surface area contributed by atoms with Crippen LogP contribution < -0.4 is 0 Å². The number of benzene rings is 1. The van der Waals surface area contributed by atoms with E-state index in [0.717, 1.165) is 44.8 Å². The summed E-state index contributed by atoms with van der Waals surface area (Å²) < 4.78 is 0. The quantitative estimate of drug-likeness (QED) is 0.285. The molecule has 0 atom stereocenters. The van der Waals surface area contributed by atoms with Gasteiger partial charge in [0.15, 0.2) is 0 Å². The van der Waals surface area contributed by atoms with Crippen molar-refractivity contribution in [2.24, 2.45) is 0 Å². The minimum atomic E-state index is 0. The maximum atomic E-state index is 4.82. The largest absolute Gasteiger partial charge is 0.355 e. The van der Waals surface area contributed by atoms with Crippen LogP contribution in [0.25, 0.3) is 57.5 Å². The van der Waals surface area contributed by atoms with Crippen molar-refractivity contribution in [2.45, 2.75) is 20.8 Å². The minimum Gasteiger partial charge on any atom is -0.355 e. The number of rotatable bonds is 1. The third kappa shape index (κ3) is 4.13. The van der Waals surface area contributed by atoms with E-state index in [0.29, 0.717) is 0 Å². The Morgan fingerprint density at radius 3 is 1.71 bits per heavy atom. The zero-order valence-electron chi connectivity index (χ0n) is 18.9. The molecule has 0 fully saturated rings. The van der Waals surface area contributed by atoms with Crippen molar-refractivity contribution < 1.29 is 0 Å². The number of nitrogens with one attached hydrogen (secondary N) is 2. The van der Waals surface area contributed by atoms with E-state index in [1.54, 1.807) is 0 Å². The van der Waals surface area contributed by atoms with Gasteiger partial charge in [0.05, 0.1) is 22.8 Å². The smallest absolute Gasteiger partial charge is 0.316 e. The number of hydrogen-bond acceptors (Lipinski definition) is 2. The summed E-state index contributed by atoms with van der Waals surface area (Å²) in [6.07, 6.45) is 8.21. The highest BCUT2D eigenvalue weighted by Gasteiger charge is 2.11. The van der Waals surface area contributed by atoms with Crippen molar-refractivity contribution in [1.82, 2.24) is 19.9 Å². The molecule has 2 aliphatic heterocycles. The number of nitrogens with zero attached hydrogens (tertiary/aromatic N) is 2. The highest BCUT2D eigenvalue weighted by Crippen LogP contribution is 2.32. The molecule has 0 unspecified atom stereocenters. The van der Waals surface area contributed by atoms with Crippen LogP contribution in [-0.2, 0) is 0 Å². The Hall–Kier alpha value is -3.41. The summed E-state index contributed by atoms with van der Waals surface area (Å²) in [6.45, 7) is 6.56. The van der Waals surface area contributed by atoms with Gasteiger partial charge >= 0.3 is 23.1 Å². The molecule has 3 aromatic heterocycles. The maximum Gasteiger partial charge on any atom is 0.316 e. The van der Waals surface area contributed by atoms with E-state index in [2.05, 4.69) is 104 Å². The van der Waals surface area contributed by atoms with Crippen molar-refractivity contribution in [1.29, 1.82) is 0 Å². The first-order valence-electron chi connectivity index (χ1n) is 11.2. The summed E-state index contributed by atoms with van der Waals surface area (Å²) in [6, 6.07) is 19.1. The van der Waals surface area contributed by atoms with Crippen molar-refractivity contribution in [3.8, 4) is 11.1 Å². The molecule has 0 spiro atoms. The van der Waals surface area contributed by atoms with Gasteiger partial charge in [-0.2, -0.15) is 0 Å². The van der Waals surface area contributed by atoms with E-state index in [4.69, 9.17) is 9.97 Å². The van der Waals surface area contributed by atoms with Crippen LogP contribution in [0.15, 0.2) is 54.6 Å². The number of fused-ring (bicyclic) bond motifs is 8. The van der Waals surface area contributed by atoms with Crippen LogP contribution >= 0.6 is 0 Å². The molecule has 2 N–H and O–H groups in total. The van der Waals surface area contributed by atoms with Gasteiger partial charge in [0, 0.05) is 27.6 Å². The number of hydrogen-bond donors (Lipinski definition) is 2. The second kappa shape index (κ2) is 8.74. The van der Waals surface area contributed by atoms with E-state index in [1.807, 2.05) is 6.08 Å². The van der Waals surface area contributed by atoms with Gasteiger partial charge in [-0.1, -0.05) is 12.1 Å². The molecule has 5 heteroatoms. The van der Waals surface area contributed by atoms with Gasteiger partial charge in [0.25, 0.3) is 0 Å².